The van der Waals surface area contributed by atoms with E-state index in [-0.39, 0.29) is 12.5 Å². The molecule has 2 aromatic heterocycles. The van der Waals surface area contributed by atoms with E-state index in [1.165, 1.54) is 0 Å². The highest BCUT2D eigenvalue weighted by molar-refractivity contribution is 5.77. The highest BCUT2D eigenvalue weighted by atomic mass is 16.5. The fraction of sp³-hybridized carbons (Fsp3) is 0.200. The topological polar surface area (TPSA) is 97.7 Å². The van der Waals surface area contributed by atoms with Gasteiger partial charge in [0, 0.05) is 19.0 Å². The minimum Gasteiger partial charge on any atom is -0.484 e. The Hall–Kier alpha value is -3.68. The number of benzene rings is 2. The van der Waals surface area contributed by atoms with Crippen molar-refractivity contribution in [2.24, 2.45) is 0 Å². The Morgan fingerprint density at radius 1 is 1.11 bits per heavy atom. The molecule has 0 saturated heterocycles. The van der Waals surface area contributed by atoms with Crippen LogP contribution < -0.4 is 10.1 Å². The van der Waals surface area contributed by atoms with E-state index in [1.54, 1.807) is 17.2 Å². The van der Waals surface area contributed by atoms with Crippen molar-refractivity contribution in [3.63, 3.8) is 0 Å². The van der Waals surface area contributed by atoms with Crippen LogP contribution in [0, 0.1) is 0 Å². The number of para-hydroxylation sites is 2. The Kier molecular flexibility index (Phi) is 5.28. The molecule has 4 aromatic rings. The molecule has 2 heterocycles. The molecule has 2 N–H and O–H groups in total. The molecule has 0 saturated carbocycles. The van der Waals surface area contributed by atoms with E-state index in [0.717, 1.165) is 35.4 Å². The second-order valence-electron chi connectivity index (χ2n) is 6.31. The number of nitrogens with zero attached hydrogens (tertiary/aromatic N) is 4. The van der Waals surface area contributed by atoms with Crippen LogP contribution in [-0.2, 0) is 11.2 Å². The van der Waals surface area contributed by atoms with Crippen LogP contribution in [0.1, 0.15) is 12.2 Å². The molecule has 0 bridgehead atoms. The number of amides is 1. The molecule has 0 aliphatic heterocycles. The van der Waals surface area contributed by atoms with E-state index < -0.39 is 0 Å². The lowest BCUT2D eigenvalue weighted by molar-refractivity contribution is -0.123. The Balaban J connectivity index is 1.20. The molecule has 4 rings (SSSR count). The van der Waals surface area contributed by atoms with Gasteiger partial charge in [0.25, 0.3) is 5.91 Å². The summed E-state index contributed by atoms with van der Waals surface area (Å²) in [6, 6.07) is 15.3. The van der Waals surface area contributed by atoms with Gasteiger partial charge in [0.2, 0.25) is 0 Å². The molecule has 0 spiro atoms. The van der Waals surface area contributed by atoms with Crippen LogP contribution in [0.15, 0.2) is 61.2 Å². The van der Waals surface area contributed by atoms with Crippen molar-refractivity contribution in [3.05, 3.63) is 67.0 Å². The van der Waals surface area contributed by atoms with Crippen molar-refractivity contribution < 1.29 is 9.53 Å². The van der Waals surface area contributed by atoms with E-state index in [4.69, 9.17) is 4.74 Å². The molecule has 0 aliphatic carbocycles. The summed E-state index contributed by atoms with van der Waals surface area (Å²) < 4.78 is 7.35. The highest BCUT2D eigenvalue weighted by Crippen LogP contribution is 2.16. The number of H-pyrrole nitrogens is 1. The molecule has 1 amide bonds. The maximum absolute atomic E-state index is 12.0. The summed E-state index contributed by atoms with van der Waals surface area (Å²) in [5.74, 6) is 1.39. The van der Waals surface area contributed by atoms with Crippen molar-refractivity contribution in [2.45, 2.75) is 12.8 Å². The van der Waals surface area contributed by atoms with Gasteiger partial charge in [-0.15, -0.1) is 10.2 Å². The Bertz CT molecular complexity index is 1020. The molecule has 0 radical (unpaired) electrons. The molecule has 0 aliphatic rings. The Morgan fingerprint density at radius 2 is 1.96 bits per heavy atom. The fourth-order valence-electron chi connectivity index (χ4n) is 2.88. The van der Waals surface area contributed by atoms with E-state index in [0.29, 0.717) is 12.3 Å². The molecule has 28 heavy (non-hydrogen) atoms. The monoisotopic (exact) mass is 376 g/mol. The average Bonchev–Trinajstić information content (AvgIpc) is 3.39. The SMILES string of the molecule is O=C(COc1cccc(-n2cnnc2)c1)NCCCc1nc2ccccc2[nH]1. The first-order valence-electron chi connectivity index (χ1n) is 9.06. The summed E-state index contributed by atoms with van der Waals surface area (Å²) in [7, 11) is 0. The summed E-state index contributed by atoms with van der Waals surface area (Å²) in [6.07, 6.45) is 4.78. The standard InChI is InChI=1S/C20H20N6O2/c27-20(12-28-16-6-3-5-15(11-16)26-13-22-23-14-26)21-10-4-9-19-24-17-7-1-2-8-18(17)25-19/h1-3,5-8,11,13-14H,4,9-10,12H2,(H,21,27)(H,24,25). The summed E-state index contributed by atoms with van der Waals surface area (Å²) in [4.78, 5) is 19.8. The molecule has 2 aromatic carbocycles. The molecular weight excluding hydrogens is 356 g/mol. The molecule has 0 unspecified atom stereocenters. The minimum atomic E-state index is -0.153. The smallest absolute Gasteiger partial charge is 0.257 e. The van der Waals surface area contributed by atoms with Crippen LogP contribution >= 0.6 is 0 Å². The zero-order chi connectivity index (χ0) is 19.2. The van der Waals surface area contributed by atoms with Gasteiger partial charge < -0.3 is 15.0 Å². The lowest BCUT2D eigenvalue weighted by atomic mass is 10.3. The van der Waals surface area contributed by atoms with Gasteiger partial charge >= 0.3 is 0 Å². The zero-order valence-corrected chi connectivity index (χ0v) is 15.2. The molecule has 8 nitrogen and oxygen atoms in total. The van der Waals surface area contributed by atoms with Gasteiger partial charge in [-0.3, -0.25) is 9.36 Å². The number of fused-ring (bicyclic) bond motifs is 1. The van der Waals surface area contributed by atoms with E-state index in [2.05, 4.69) is 25.5 Å². The quantitative estimate of drug-likeness (QED) is 0.460. The lowest BCUT2D eigenvalue weighted by Crippen LogP contribution is -2.30. The van der Waals surface area contributed by atoms with E-state index in [9.17, 15) is 4.79 Å². The fourth-order valence-corrected chi connectivity index (χ4v) is 2.88. The molecule has 142 valence electrons. The first kappa shape index (κ1) is 17.7. The van der Waals surface area contributed by atoms with Crippen LogP contribution in [0.25, 0.3) is 16.7 Å². The second kappa shape index (κ2) is 8.34. The van der Waals surface area contributed by atoms with Crippen molar-refractivity contribution in [2.75, 3.05) is 13.2 Å². The highest BCUT2D eigenvalue weighted by Gasteiger charge is 2.05. The number of hydrogen-bond acceptors (Lipinski definition) is 5. The minimum absolute atomic E-state index is 0.0315. The Labute approximate surface area is 161 Å². The number of carbonyl (C=O) groups is 1. The number of nitrogens with one attached hydrogen (secondary N) is 2. The average molecular weight is 376 g/mol. The Morgan fingerprint density at radius 3 is 2.82 bits per heavy atom. The van der Waals surface area contributed by atoms with Crippen LogP contribution in [0.3, 0.4) is 0 Å². The predicted molar refractivity (Wildman–Crippen MR) is 104 cm³/mol. The van der Waals surface area contributed by atoms with Gasteiger partial charge in [0.15, 0.2) is 6.61 Å². The lowest BCUT2D eigenvalue weighted by Gasteiger charge is -2.09. The summed E-state index contributed by atoms with van der Waals surface area (Å²) >= 11 is 0. The first-order valence-corrected chi connectivity index (χ1v) is 9.06. The molecule has 8 heteroatoms. The van der Waals surface area contributed by atoms with Crippen molar-refractivity contribution in [1.82, 2.24) is 30.0 Å². The summed E-state index contributed by atoms with van der Waals surface area (Å²) in [5, 5.41) is 10.4. The number of carbonyl (C=O) groups excluding carboxylic acids is 1. The number of rotatable bonds is 8. The van der Waals surface area contributed by atoms with Crippen LogP contribution in [0.2, 0.25) is 0 Å². The van der Waals surface area contributed by atoms with Crippen molar-refractivity contribution in [3.8, 4) is 11.4 Å². The first-order chi connectivity index (χ1) is 13.8. The van der Waals surface area contributed by atoms with Gasteiger partial charge in [-0.25, -0.2) is 4.98 Å². The molecular formula is C20H20N6O2. The largest absolute Gasteiger partial charge is 0.484 e. The maximum atomic E-state index is 12.0. The van der Waals surface area contributed by atoms with Crippen LogP contribution in [0.5, 0.6) is 5.75 Å². The number of aryl methyl sites for hydroxylation is 1. The van der Waals surface area contributed by atoms with Gasteiger partial charge in [0.1, 0.15) is 24.2 Å². The van der Waals surface area contributed by atoms with Crippen molar-refractivity contribution in [1.29, 1.82) is 0 Å². The molecule has 0 atom stereocenters. The van der Waals surface area contributed by atoms with E-state index in [1.807, 2.05) is 48.5 Å². The third-order valence-electron chi connectivity index (χ3n) is 4.26. The molecule has 0 fully saturated rings. The third kappa shape index (κ3) is 4.35. The summed E-state index contributed by atoms with van der Waals surface area (Å²) in [5.41, 5.74) is 2.86. The van der Waals surface area contributed by atoms with Gasteiger partial charge in [-0.2, -0.15) is 0 Å². The second-order valence-corrected chi connectivity index (χ2v) is 6.31. The number of aromatic nitrogens is 5. The number of ether oxygens (including phenoxy) is 1. The van der Waals surface area contributed by atoms with Crippen LogP contribution in [-0.4, -0.2) is 43.8 Å². The van der Waals surface area contributed by atoms with Gasteiger partial charge in [-0.05, 0) is 30.7 Å². The van der Waals surface area contributed by atoms with Gasteiger partial charge in [0.05, 0.1) is 16.7 Å². The van der Waals surface area contributed by atoms with Crippen LogP contribution in [0.4, 0.5) is 0 Å². The van der Waals surface area contributed by atoms with E-state index >= 15 is 0 Å². The predicted octanol–water partition coefficient (Wildman–Crippen LogP) is 2.27. The number of imidazole rings is 1. The normalized spacial score (nSPS) is 10.9. The zero-order valence-electron chi connectivity index (χ0n) is 15.2. The number of aromatic amines is 1. The summed E-state index contributed by atoms with van der Waals surface area (Å²) in [6.45, 7) is 0.538. The number of hydrogen-bond donors (Lipinski definition) is 2. The van der Waals surface area contributed by atoms with Gasteiger partial charge in [-0.1, -0.05) is 18.2 Å². The van der Waals surface area contributed by atoms with Crippen molar-refractivity contribution >= 4 is 16.9 Å². The maximum Gasteiger partial charge on any atom is 0.257 e. The third-order valence-corrected chi connectivity index (χ3v) is 4.26.